The molecule has 0 amide bonds. The molecule has 2 N–H and O–H groups in total. The Morgan fingerprint density at radius 1 is 1.00 bits per heavy atom. The van der Waals surface area contributed by atoms with E-state index in [0.29, 0.717) is 23.4 Å². The summed E-state index contributed by atoms with van der Waals surface area (Å²) in [5.41, 5.74) is 0.499. The average molecular weight is 334 g/mol. The minimum atomic E-state index is -4.05. The van der Waals surface area contributed by atoms with Crippen molar-refractivity contribution >= 4 is 21.2 Å². The van der Waals surface area contributed by atoms with Crippen molar-refractivity contribution < 1.29 is 17.3 Å². The van der Waals surface area contributed by atoms with E-state index in [1.165, 1.54) is 24.3 Å². The lowest BCUT2D eigenvalue weighted by Gasteiger charge is -2.11. The van der Waals surface area contributed by atoms with E-state index in [-0.39, 0.29) is 10.6 Å². The zero-order valence-corrected chi connectivity index (χ0v) is 13.0. The molecule has 0 spiro atoms. The van der Waals surface area contributed by atoms with Gasteiger partial charge < -0.3 is 18.9 Å². The molecule has 3 aromatic rings. The molecule has 0 saturated carbocycles. The van der Waals surface area contributed by atoms with Gasteiger partial charge in [-0.15, -0.1) is 0 Å². The molecule has 7 nitrogen and oxygen atoms in total. The molecule has 0 aliphatic heterocycles. The Bertz CT molecular complexity index is 1000. The molecule has 120 valence electrons. The topological polar surface area (TPSA) is 101 Å². The number of nitrogens with one attached hydrogen (secondary N) is 2. The van der Waals surface area contributed by atoms with Crippen molar-refractivity contribution in [2.45, 2.75) is 11.8 Å². The van der Waals surface area contributed by atoms with Crippen LogP contribution in [0.5, 0.6) is 11.5 Å². The Morgan fingerprint density at radius 2 is 1.70 bits per heavy atom. The van der Waals surface area contributed by atoms with E-state index >= 15 is 0 Å². The number of aromatic amines is 2. The molecule has 0 fully saturated rings. The lowest BCUT2D eigenvalue weighted by Crippen LogP contribution is -2.10. The normalized spacial score (nSPS) is 11.5. The van der Waals surface area contributed by atoms with Gasteiger partial charge in [-0.25, -0.2) is 4.79 Å². The van der Waals surface area contributed by atoms with Crippen LogP contribution in [0.4, 0.5) is 0 Å². The highest BCUT2D eigenvalue weighted by molar-refractivity contribution is 7.87. The molecular formula is C15H14N2O5S. The summed E-state index contributed by atoms with van der Waals surface area (Å²) in [6.07, 6.45) is 0. The largest absolute Gasteiger partial charge is 0.490 e. The number of imidazole rings is 1. The Kier molecular flexibility index (Phi) is 3.83. The quantitative estimate of drug-likeness (QED) is 0.695. The van der Waals surface area contributed by atoms with Crippen molar-refractivity contribution in [3.8, 4) is 11.5 Å². The third kappa shape index (κ3) is 3.07. The fraction of sp³-hybridized carbons (Fsp3) is 0.133. The summed E-state index contributed by atoms with van der Waals surface area (Å²) in [6.45, 7) is 2.18. The summed E-state index contributed by atoms with van der Waals surface area (Å²) in [4.78, 5) is 16.2. The van der Waals surface area contributed by atoms with Crippen LogP contribution in [0, 0.1) is 0 Å². The lowest BCUT2D eigenvalue weighted by atomic mass is 10.3. The van der Waals surface area contributed by atoms with E-state index in [4.69, 9.17) is 8.92 Å². The third-order valence-corrected chi connectivity index (χ3v) is 4.35. The molecule has 0 aliphatic carbocycles. The number of H-pyrrole nitrogens is 2. The summed E-state index contributed by atoms with van der Waals surface area (Å²) in [6, 6.07) is 10.7. The predicted octanol–water partition coefficient (Wildman–Crippen LogP) is 2.02. The van der Waals surface area contributed by atoms with Gasteiger partial charge in [0.05, 0.1) is 17.6 Å². The molecule has 1 heterocycles. The average Bonchev–Trinajstić information content (AvgIpc) is 2.88. The number of hydrogen-bond acceptors (Lipinski definition) is 5. The van der Waals surface area contributed by atoms with Gasteiger partial charge in [-0.3, -0.25) is 0 Å². The maximum atomic E-state index is 12.4. The molecule has 2 aromatic carbocycles. The summed E-state index contributed by atoms with van der Waals surface area (Å²) in [5.74, 6) is 0.451. The van der Waals surface area contributed by atoms with Crippen molar-refractivity contribution in [2.24, 2.45) is 0 Å². The molecule has 8 heteroatoms. The number of rotatable bonds is 5. The van der Waals surface area contributed by atoms with Crippen LogP contribution < -0.4 is 14.6 Å². The van der Waals surface area contributed by atoms with Gasteiger partial charge in [0.1, 0.15) is 4.90 Å². The minimum absolute atomic E-state index is 0.0634. The van der Waals surface area contributed by atoms with Crippen LogP contribution in [0.1, 0.15) is 6.92 Å². The van der Waals surface area contributed by atoms with Gasteiger partial charge in [0.15, 0.2) is 11.5 Å². The Hall–Kier alpha value is -2.74. The predicted molar refractivity (Wildman–Crippen MR) is 84.3 cm³/mol. The third-order valence-electron chi connectivity index (χ3n) is 3.12. The molecule has 0 atom stereocenters. The van der Waals surface area contributed by atoms with Crippen LogP contribution in [-0.2, 0) is 10.1 Å². The van der Waals surface area contributed by atoms with Crippen LogP contribution in [0.25, 0.3) is 11.0 Å². The Morgan fingerprint density at radius 3 is 2.43 bits per heavy atom. The number of para-hydroxylation sites is 2. The van der Waals surface area contributed by atoms with Gasteiger partial charge in [0.25, 0.3) is 0 Å². The number of aromatic nitrogens is 2. The van der Waals surface area contributed by atoms with Crippen molar-refractivity contribution in [3.63, 3.8) is 0 Å². The molecule has 0 aliphatic rings. The first-order valence-electron chi connectivity index (χ1n) is 6.88. The van der Waals surface area contributed by atoms with Crippen molar-refractivity contribution in [1.29, 1.82) is 0 Å². The molecule has 0 saturated heterocycles. The lowest BCUT2D eigenvalue weighted by molar-refractivity contribution is 0.327. The first-order chi connectivity index (χ1) is 11.0. The second-order valence-electron chi connectivity index (χ2n) is 4.70. The van der Waals surface area contributed by atoms with Crippen LogP contribution in [0.3, 0.4) is 0 Å². The molecule has 23 heavy (non-hydrogen) atoms. The first kappa shape index (κ1) is 15.2. The van der Waals surface area contributed by atoms with Gasteiger partial charge in [0, 0.05) is 0 Å². The molecule has 3 rings (SSSR count). The number of ether oxygens (including phenoxy) is 1. The standard InChI is InChI=1S/C15H14N2O5S/c1-2-21-13-5-3-4-6-14(13)22-23(19,20)10-7-8-11-12(9-10)17-15(18)16-11/h3-9H,2H2,1H3,(H2,16,17,18). The highest BCUT2D eigenvalue weighted by atomic mass is 32.2. The van der Waals surface area contributed by atoms with Gasteiger partial charge in [-0.05, 0) is 37.3 Å². The molecule has 0 radical (unpaired) electrons. The molecule has 1 aromatic heterocycles. The van der Waals surface area contributed by atoms with Gasteiger partial charge in [0.2, 0.25) is 0 Å². The van der Waals surface area contributed by atoms with E-state index in [0.717, 1.165) is 0 Å². The van der Waals surface area contributed by atoms with Crippen LogP contribution >= 0.6 is 0 Å². The molecule has 0 unspecified atom stereocenters. The van der Waals surface area contributed by atoms with Gasteiger partial charge in [-0.2, -0.15) is 8.42 Å². The zero-order chi connectivity index (χ0) is 16.4. The van der Waals surface area contributed by atoms with Gasteiger partial charge in [-0.1, -0.05) is 12.1 Å². The molecule has 0 bridgehead atoms. The minimum Gasteiger partial charge on any atom is -0.490 e. The second kappa shape index (κ2) is 5.81. The maximum absolute atomic E-state index is 12.4. The summed E-state index contributed by atoms with van der Waals surface area (Å²) < 4.78 is 35.4. The number of hydrogen-bond donors (Lipinski definition) is 2. The Labute approximate surface area is 132 Å². The number of fused-ring (bicyclic) bond motifs is 1. The fourth-order valence-electron chi connectivity index (χ4n) is 2.13. The van der Waals surface area contributed by atoms with E-state index in [2.05, 4.69) is 9.97 Å². The maximum Gasteiger partial charge on any atom is 0.339 e. The summed E-state index contributed by atoms with van der Waals surface area (Å²) in [5, 5.41) is 0. The van der Waals surface area contributed by atoms with Gasteiger partial charge >= 0.3 is 15.8 Å². The van der Waals surface area contributed by atoms with E-state index in [1.54, 1.807) is 25.1 Å². The van der Waals surface area contributed by atoms with E-state index < -0.39 is 15.8 Å². The van der Waals surface area contributed by atoms with Crippen LogP contribution in [0.2, 0.25) is 0 Å². The van der Waals surface area contributed by atoms with E-state index in [1.807, 2.05) is 0 Å². The van der Waals surface area contributed by atoms with Crippen LogP contribution in [0.15, 0.2) is 52.2 Å². The smallest absolute Gasteiger partial charge is 0.339 e. The van der Waals surface area contributed by atoms with Crippen molar-refractivity contribution in [2.75, 3.05) is 6.61 Å². The first-order valence-corrected chi connectivity index (χ1v) is 8.29. The highest BCUT2D eigenvalue weighted by Crippen LogP contribution is 2.29. The SMILES string of the molecule is CCOc1ccccc1OS(=O)(=O)c1ccc2[nH]c(=O)[nH]c2c1. The zero-order valence-electron chi connectivity index (χ0n) is 12.2. The summed E-state index contributed by atoms with van der Waals surface area (Å²) >= 11 is 0. The fourth-order valence-corrected chi connectivity index (χ4v) is 3.09. The summed E-state index contributed by atoms with van der Waals surface area (Å²) in [7, 11) is -4.05. The second-order valence-corrected chi connectivity index (χ2v) is 6.25. The van der Waals surface area contributed by atoms with Crippen molar-refractivity contribution in [1.82, 2.24) is 9.97 Å². The Balaban J connectivity index is 1.98. The monoisotopic (exact) mass is 334 g/mol. The highest BCUT2D eigenvalue weighted by Gasteiger charge is 2.20. The van der Waals surface area contributed by atoms with Crippen LogP contribution in [-0.4, -0.2) is 25.0 Å². The number of benzene rings is 2. The van der Waals surface area contributed by atoms with E-state index in [9.17, 15) is 13.2 Å². The molecular weight excluding hydrogens is 320 g/mol. The van der Waals surface area contributed by atoms with Crippen molar-refractivity contribution in [3.05, 3.63) is 52.9 Å².